The molecule has 0 aliphatic rings. The quantitative estimate of drug-likeness (QED) is 0.304. The van der Waals surface area contributed by atoms with E-state index in [2.05, 4.69) is 0 Å². The first kappa shape index (κ1) is 25.4. The first-order chi connectivity index (χ1) is 17.3. The molecule has 0 aromatic heterocycles. The summed E-state index contributed by atoms with van der Waals surface area (Å²) in [5.74, 6) is -1.04. The summed E-state index contributed by atoms with van der Waals surface area (Å²) >= 11 is 5.95. The largest absolute Gasteiger partial charge is 0.454 e. The molecule has 36 heavy (non-hydrogen) atoms. The number of rotatable bonds is 9. The fourth-order valence-electron chi connectivity index (χ4n) is 3.71. The van der Waals surface area contributed by atoms with Crippen LogP contribution in [0.1, 0.15) is 17.2 Å². The van der Waals surface area contributed by atoms with Crippen molar-refractivity contribution < 1.29 is 22.3 Å². The summed E-state index contributed by atoms with van der Waals surface area (Å²) in [5, 5.41) is 0.369. The van der Waals surface area contributed by atoms with Crippen LogP contribution in [0.3, 0.4) is 0 Å². The van der Waals surface area contributed by atoms with Gasteiger partial charge in [0.25, 0.3) is 0 Å². The molecule has 0 saturated heterocycles. The monoisotopic (exact) mass is 524 g/mol. The van der Waals surface area contributed by atoms with Crippen molar-refractivity contribution in [3.8, 4) is 11.5 Å². The highest BCUT2D eigenvalue weighted by Gasteiger charge is 2.36. The second-order valence-corrected chi connectivity index (χ2v) is 10.2. The number of nitrogens with zero attached hydrogens (tertiary/aromatic N) is 1. The number of hydrogen-bond acceptors (Lipinski definition) is 4. The number of primary amides is 1. The van der Waals surface area contributed by atoms with Crippen LogP contribution in [0.4, 0.5) is 4.39 Å². The van der Waals surface area contributed by atoms with Gasteiger partial charge in [-0.05, 0) is 59.7 Å². The number of nitrogens with two attached hydrogens (primary N) is 1. The molecule has 9 heteroatoms. The van der Waals surface area contributed by atoms with E-state index in [0.29, 0.717) is 21.9 Å². The first-order valence-corrected chi connectivity index (χ1v) is 12.7. The Morgan fingerprint density at radius 3 is 2.25 bits per heavy atom. The minimum atomic E-state index is -4.21. The van der Waals surface area contributed by atoms with Gasteiger partial charge in [0.05, 0.1) is 4.90 Å². The second kappa shape index (κ2) is 10.9. The lowest BCUT2D eigenvalue weighted by molar-refractivity contribution is -0.122. The molecule has 0 aliphatic carbocycles. The van der Waals surface area contributed by atoms with Crippen molar-refractivity contribution in [1.29, 1.82) is 0 Å². The fraction of sp³-hybridized carbons (Fsp3) is 0.0741. The van der Waals surface area contributed by atoms with Crippen LogP contribution < -0.4 is 10.5 Å². The van der Waals surface area contributed by atoms with E-state index in [9.17, 15) is 17.6 Å². The molecule has 1 unspecified atom stereocenters. The van der Waals surface area contributed by atoms with E-state index in [1.165, 1.54) is 36.4 Å². The van der Waals surface area contributed by atoms with Gasteiger partial charge < -0.3 is 10.5 Å². The Kier molecular flexibility index (Phi) is 7.69. The van der Waals surface area contributed by atoms with Crippen LogP contribution in [0.15, 0.2) is 108 Å². The predicted molar refractivity (Wildman–Crippen MR) is 135 cm³/mol. The number of para-hydroxylation sites is 1. The number of hydrogen-bond donors (Lipinski definition) is 1. The van der Waals surface area contributed by atoms with Crippen LogP contribution in [0.5, 0.6) is 11.5 Å². The van der Waals surface area contributed by atoms with Crippen LogP contribution in [0.2, 0.25) is 5.02 Å². The second-order valence-electron chi connectivity index (χ2n) is 7.90. The summed E-state index contributed by atoms with van der Waals surface area (Å²) in [6.07, 6.45) is 0. The van der Waals surface area contributed by atoms with Crippen molar-refractivity contribution in [3.05, 3.63) is 125 Å². The average molecular weight is 525 g/mol. The molecule has 0 heterocycles. The van der Waals surface area contributed by atoms with Crippen molar-refractivity contribution in [3.63, 3.8) is 0 Å². The molecule has 2 N–H and O–H groups in total. The highest BCUT2D eigenvalue weighted by atomic mass is 35.5. The molecule has 0 saturated carbocycles. The smallest absolute Gasteiger partial charge is 0.244 e. The maximum atomic E-state index is 14.1. The summed E-state index contributed by atoms with van der Waals surface area (Å²) < 4.78 is 48.3. The molecule has 0 spiro atoms. The Morgan fingerprint density at radius 2 is 1.58 bits per heavy atom. The normalized spacial score (nSPS) is 12.3. The number of sulfonamides is 1. The van der Waals surface area contributed by atoms with E-state index in [1.807, 2.05) is 0 Å². The van der Waals surface area contributed by atoms with Gasteiger partial charge in [-0.2, -0.15) is 4.31 Å². The summed E-state index contributed by atoms with van der Waals surface area (Å²) in [4.78, 5) is 12.6. The van der Waals surface area contributed by atoms with Crippen LogP contribution in [0, 0.1) is 5.82 Å². The number of benzene rings is 4. The minimum Gasteiger partial charge on any atom is -0.454 e. The third-order valence-electron chi connectivity index (χ3n) is 5.39. The van der Waals surface area contributed by atoms with E-state index in [1.54, 1.807) is 66.7 Å². The standard InChI is InChI=1S/C27H22ClFN2O4S/c28-21-13-15-23(16-14-21)36(33,34)31(26(27(30)32)20-8-2-1-3-9-20)18-19-7-6-10-22(17-19)35-25-12-5-4-11-24(25)29/h1-17,26H,18H2,(H2,30,32). The van der Waals surface area contributed by atoms with Crippen molar-refractivity contribution in [2.75, 3.05) is 0 Å². The predicted octanol–water partition coefficient (Wildman–Crippen LogP) is 5.69. The zero-order chi connectivity index (χ0) is 25.7. The molecule has 6 nitrogen and oxygen atoms in total. The highest BCUT2D eigenvalue weighted by molar-refractivity contribution is 7.89. The Balaban J connectivity index is 1.76. The maximum absolute atomic E-state index is 14.1. The minimum absolute atomic E-state index is 0.0274. The fourth-order valence-corrected chi connectivity index (χ4v) is 5.41. The molecule has 0 fully saturated rings. The van der Waals surface area contributed by atoms with Crippen LogP contribution in [0.25, 0.3) is 0 Å². The zero-order valence-electron chi connectivity index (χ0n) is 18.9. The van der Waals surface area contributed by atoms with Crippen molar-refractivity contribution in [2.45, 2.75) is 17.5 Å². The maximum Gasteiger partial charge on any atom is 0.244 e. The lowest BCUT2D eigenvalue weighted by Crippen LogP contribution is -2.41. The molecule has 4 aromatic rings. The first-order valence-electron chi connectivity index (χ1n) is 10.9. The van der Waals surface area contributed by atoms with E-state index < -0.39 is 27.8 Å². The number of ether oxygens (including phenoxy) is 1. The van der Waals surface area contributed by atoms with Gasteiger partial charge in [0, 0.05) is 11.6 Å². The average Bonchev–Trinajstić information content (AvgIpc) is 2.86. The van der Waals surface area contributed by atoms with Gasteiger partial charge in [-0.1, -0.05) is 66.2 Å². The van der Waals surface area contributed by atoms with E-state index in [0.717, 1.165) is 4.31 Å². The molecule has 184 valence electrons. The Hall–Kier alpha value is -3.72. The van der Waals surface area contributed by atoms with E-state index in [-0.39, 0.29) is 17.2 Å². The Morgan fingerprint density at radius 1 is 0.917 bits per heavy atom. The highest BCUT2D eigenvalue weighted by Crippen LogP contribution is 2.32. The molecular weight excluding hydrogens is 503 g/mol. The van der Waals surface area contributed by atoms with Gasteiger partial charge >= 0.3 is 0 Å². The third kappa shape index (κ3) is 5.73. The van der Waals surface area contributed by atoms with Crippen LogP contribution in [-0.4, -0.2) is 18.6 Å². The number of halogens is 2. The lowest BCUT2D eigenvalue weighted by Gasteiger charge is -2.29. The van der Waals surface area contributed by atoms with Crippen molar-refractivity contribution in [1.82, 2.24) is 4.31 Å². The van der Waals surface area contributed by atoms with Crippen LogP contribution >= 0.6 is 11.6 Å². The van der Waals surface area contributed by atoms with E-state index >= 15 is 0 Å². The van der Waals surface area contributed by atoms with Gasteiger partial charge in [-0.3, -0.25) is 4.79 Å². The van der Waals surface area contributed by atoms with Gasteiger partial charge in [-0.15, -0.1) is 0 Å². The van der Waals surface area contributed by atoms with Gasteiger partial charge in [0.2, 0.25) is 15.9 Å². The molecule has 0 bridgehead atoms. The Labute approximate surface area is 213 Å². The lowest BCUT2D eigenvalue weighted by atomic mass is 10.1. The van der Waals surface area contributed by atoms with Gasteiger partial charge in [0.15, 0.2) is 11.6 Å². The third-order valence-corrected chi connectivity index (χ3v) is 7.47. The molecular formula is C27H22ClFN2O4S. The molecule has 0 aliphatic heterocycles. The number of amides is 1. The topological polar surface area (TPSA) is 89.7 Å². The molecule has 1 amide bonds. The molecule has 4 aromatic carbocycles. The zero-order valence-corrected chi connectivity index (χ0v) is 20.5. The summed E-state index contributed by atoms with van der Waals surface area (Å²) in [6, 6.07) is 25.3. The molecule has 0 radical (unpaired) electrons. The SMILES string of the molecule is NC(=O)C(c1ccccc1)N(Cc1cccc(Oc2ccccc2F)c1)S(=O)(=O)c1ccc(Cl)cc1. The molecule has 4 rings (SSSR count). The number of carbonyl (C=O) groups excluding carboxylic acids is 1. The number of carbonyl (C=O) groups is 1. The summed E-state index contributed by atoms with van der Waals surface area (Å²) in [6.45, 7) is -0.206. The van der Waals surface area contributed by atoms with Crippen molar-refractivity contribution in [2.24, 2.45) is 5.73 Å². The van der Waals surface area contributed by atoms with Crippen LogP contribution in [-0.2, 0) is 21.4 Å². The van der Waals surface area contributed by atoms with Gasteiger partial charge in [-0.25, -0.2) is 12.8 Å². The van der Waals surface area contributed by atoms with Crippen molar-refractivity contribution >= 4 is 27.5 Å². The summed E-state index contributed by atoms with van der Waals surface area (Å²) in [7, 11) is -4.21. The Bertz CT molecular complexity index is 1460. The molecule has 1 atom stereocenters. The van der Waals surface area contributed by atoms with Gasteiger partial charge in [0.1, 0.15) is 11.8 Å². The van der Waals surface area contributed by atoms with E-state index in [4.69, 9.17) is 22.1 Å². The summed E-state index contributed by atoms with van der Waals surface area (Å²) in [5.41, 5.74) is 6.66.